The van der Waals surface area contributed by atoms with E-state index in [-0.39, 0.29) is 24.7 Å². The number of benzene rings is 1. The Labute approximate surface area is 210 Å². The molecule has 0 bridgehead atoms. The average molecular weight is 497 g/mol. The molecule has 1 aromatic carbocycles. The molecule has 2 aromatic rings. The van der Waals surface area contributed by atoms with Crippen LogP contribution < -0.4 is 10.6 Å². The van der Waals surface area contributed by atoms with Crippen molar-refractivity contribution >= 4 is 29.5 Å². The van der Waals surface area contributed by atoms with E-state index in [9.17, 15) is 19.5 Å². The van der Waals surface area contributed by atoms with E-state index in [2.05, 4.69) is 22.2 Å². The van der Waals surface area contributed by atoms with Gasteiger partial charge in [-0.15, -0.1) is 18.3 Å². The molecule has 1 aliphatic heterocycles. The standard InChI is InChI=1S/C26H32N4O4S/c1-5-13-28-24(33)22-26(3,4)35-16-30(22)25(34)21(31)20(15-18-10-7-6-8-11-18)29-23(32)19-12-9-14-27-17(19)2/h5-12,14,20-22,31H,1,13,15-16H2,2-4H3,(H,28,33)(H,29,32). The molecule has 3 N–H and O–H groups in total. The highest BCUT2D eigenvalue weighted by Gasteiger charge is 2.49. The van der Waals surface area contributed by atoms with E-state index in [1.165, 1.54) is 16.7 Å². The predicted octanol–water partition coefficient (Wildman–Crippen LogP) is 2.07. The minimum absolute atomic E-state index is 0.233. The zero-order valence-electron chi connectivity index (χ0n) is 20.2. The van der Waals surface area contributed by atoms with E-state index in [0.717, 1.165) is 5.56 Å². The van der Waals surface area contributed by atoms with Crippen molar-refractivity contribution in [2.45, 2.75) is 50.1 Å². The molecule has 1 saturated heterocycles. The summed E-state index contributed by atoms with van der Waals surface area (Å²) in [5.41, 5.74) is 1.76. The van der Waals surface area contributed by atoms with Crippen LogP contribution in [0.5, 0.6) is 0 Å². The Balaban J connectivity index is 1.86. The number of aliphatic hydroxyl groups excluding tert-OH is 1. The summed E-state index contributed by atoms with van der Waals surface area (Å²) >= 11 is 1.46. The molecule has 0 spiro atoms. The number of aryl methyl sites for hydroxylation is 1. The monoisotopic (exact) mass is 496 g/mol. The lowest BCUT2D eigenvalue weighted by atomic mass is 9.97. The topological polar surface area (TPSA) is 112 Å². The van der Waals surface area contributed by atoms with Crippen molar-refractivity contribution in [2.24, 2.45) is 0 Å². The summed E-state index contributed by atoms with van der Waals surface area (Å²) in [6, 6.07) is 10.9. The number of nitrogens with one attached hydrogen (secondary N) is 2. The zero-order chi connectivity index (χ0) is 25.6. The summed E-state index contributed by atoms with van der Waals surface area (Å²) in [6.45, 7) is 9.40. The van der Waals surface area contributed by atoms with Gasteiger partial charge in [0.1, 0.15) is 6.04 Å². The van der Waals surface area contributed by atoms with Gasteiger partial charge in [0.05, 0.1) is 17.5 Å². The molecule has 1 fully saturated rings. The first-order valence-corrected chi connectivity index (χ1v) is 12.4. The summed E-state index contributed by atoms with van der Waals surface area (Å²) < 4.78 is -0.550. The summed E-state index contributed by atoms with van der Waals surface area (Å²) in [5.74, 6) is -1.09. The highest BCUT2D eigenvalue weighted by molar-refractivity contribution is 8.00. The molecule has 8 nitrogen and oxygen atoms in total. The SMILES string of the molecule is C=CCNC(=O)C1N(C(=O)C(O)C(Cc2ccccc2)NC(=O)c2cccnc2C)CSC1(C)C. The summed E-state index contributed by atoms with van der Waals surface area (Å²) in [5, 5.41) is 16.8. The van der Waals surface area contributed by atoms with Crippen LogP contribution in [0.2, 0.25) is 0 Å². The van der Waals surface area contributed by atoms with Crippen molar-refractivity contribution < 1.29 is 19.5 Å². The van der Waals surface area contributed by atoms with Gasteiger partial charge in [-0.2, -0.15) is 0 Å². The fourth-order valence-electron chi connectivity index (χ4n) is 4.10. The summed E-state index contributed by atoms with van der Waals surface area (Å²) in [7, 11) is 0. The van der Waals surface area contributed by atoms with Gasteiger partial charge in [-0.3, -0.25) is 19.4 Å². The van der Waals surface area contributed by atoms with E-state index in [4.69, 9.17) is 0 Å². The Morgan fingerprint density at radius 3 is 2.63 bits per heavy atom. The third-order valence-corrected chi connectivity index (χ3v) is 7.37. The van der Waals surface area contributed by atoms with Crippen molar-refractivity contribution in [3.63, 3.8) is 0 Å². The van der Waals surface area contributed by atoms with Crippen molar-refractivity contribution in [2.75, 3.05) is 12.4 Å². The van der Waals surface area contributed by atoms with Crippen LogP contribution in [0.1, 0.15) is 35.5 Å². The molecule has 1 aliphatic rings. The molecule has 186 valence electrons. The number of amides is 3. The number of aromatic nitrogens is 1. The minimum atomic E-state index is -1.56. The molecule has 0 aliphatic carbocycles. The maximum absolute atomic E-state index is 13.5. The van der Waals surface area contributed by atoms with Crippen LogP contribution in [-0.2, 0) is 16.0 Å². The number of rotatable bonds is 9. The highest BCUT2D eigenvalue weighted by atomic mass is 32.2. The Morgan fingerprint density at radius 1 is 1.26 bits per heavy atom. The van der Waals surface area contributed by atoms with E-state index in [0.29, 0.717) is 11.3 Å². The van der Waals surface area contributed by atoms with Crippen LogP contribution in [0.15, 0.2) is 61.3 Å². The third kappa shape index (κ3) is 6.29. The first-order valence-electron chi connectivity index (χ1n) is 11.4. The van der Waals surface area contributed by atoms with Gasteiger partial charge in [0, 0.05) is 23.2 Å². The third-order valence-electron chi connectivity index (χ3n) is 6.00. The van der Waals surface area contributed by atoms with Crippen molar-refractivity contribution in [3.05, 3.63) is 78.1 Å². The number of nitrogens with zero attached hydrogens (tertiary/aromatic N) is 2. The fourth-order valence-corrected chi connectivity index (χ4v) is 5.24. The largest absolute Gasteiger partial charge is 0.381 e. The van der Waals surface area contributed by atoms with Crippen LogP contribution >= 0.6 is 11.8 Å². The number of carbonyl (C=O) groups excluding carboxylic acids is 3. The van der Waals surface area contributed by atoms with Gasteiger partial charge >= 0.3 is 0 Å². The van der Waals surface area contributed by atoms with Crippen molar-refractivity contribution in [1.29, 1.82) is 0 Å². The van der Waals surface area contributed by atoms with Crippen LogP contribution in [0, 0.1) is 6.92 Å². The molecule has 0 radical (unpaired) electrons. The number of pyridine rings is 1. The summed E-state index contributed by atoms with van der Waals surface area (Å²) in [6.07, 6.45) is 1.84. The van der Waals surface area contributed by atoms with Gasteiger partial charge < -0.3 is 20.6 Å². The molecule has 35 heavy (non-hydrogen) atoms. The smallest absolute Gasteiger partial charge is 0.254 e. The molecule has 3 atom stereocenters. The molecule has 0 saturated carbocycles. The lowest BCUT2D eigenvalue weighted by Crippen LogP contribution is -2.58. The Hall–Kier alpha value is -3.17. The van der Waals surface area contributed by atoms with E-state index < -0.39 is 34.7 Å². The van der Waals surface area contributed by atoms with Crippen LogP contribution in [-0.4, -0.2) is 68.1 Å². The van der Waals surface area contributed by atoms with Gasteiger partial charge in [0.15, 0.2) is 6.10 Å². The number of thioether (sulfide) groups is 1. The molecule has 9 heteroatoms. The van der Waals surface area contributed by atoms with Crippen LogP contribution in [0.25, 0.3) is 0 Å². The predicted molar refractivity (Wildman–Crippen MR) is 137 cm³/mol. The second-order valence-electron chi connectivity index (χ2n) is 8.97. The Bertz CT molecular complexity index is 1080. The van der Waals surface area contributed by atoms with Crippen LogP contribution in [0.4, 0.5) is 0 Å². The minimum Gasteiger partial charge on any atom is -0.381 e. The maximum atomic E-state index is 13.5. The molecular weight excluding hydrogens is 464 g/mol. The van der Waals surface area contributed by atoms with E-state index in [1.54, 1.807) is 31.3 Å². The normalized spacial score (nSPS) is 18.4. The van der Waals surface area contributed by atoms with E-state index in [1.807, 2.05) is 44.2 Å². The number of hydrogen-bond donors (Lipinski definition) is 3. The Morgan fingerprint density at radius 2 is 1.97 bits per heavy atom. The first-order chi connectivity index (χ1) is 16.7. The second kappa shape index (κ2) is 11.5. The first kappa shape index (κ1) is 26.4. The van der Waals surface area contributed by atoms with Gasteiger partial charge in [0.25, 0.3) is 11.8 Å². The molecule has 3 rings (SSSR count). The molecular formula is C26H32N4O4S. The maximum Gasteiger partial charge on any atom is 0.254 e. The average Bonchev–Trinajstić information content (AvgIpc) is 3.16. The fraction of sp³-hybridized carbons (Fsp3) is 0.385. The van der Waals surface area contributed by atoms with Gasteiger partial charge in [-0.25, -0.2) is 0 Å². The van der Waals surface area contributed by atoms with Gasteiger partial charge in [0.2, 0.25) is 5.91 Å². The zero-order valence-corrected chi connectivity index (χ0v) is 21.0. The Kier molecular flexibility index (Phi) is 8.69. The highest BCUT2D eigenvalue weighted by Crippen LogP contribution is 2.39. The lowest BCUT2D eigenvalue weighted by molar-refractivity contribution is -0.147. The summed E-state index contributed by atoms with van der Waals surface area (Å²) in [4.78, 5) is 45.0. The molecule has 2 heterocycles. The van der Waals surface area contributed by atoms with Crippen molar-refractivity contribution in [1.82, 2.24) is 20.5 Å². The van der Waals surface area contributed by atoms with Gasteiger partial charge in [-0.1, -0.05) is 36.4 Å². The molecule has 3 amide bonds. The number of hydrogen-bond acceptors (Lipinski definition) is 6. The van der Waals surface area contributed by atoms with Crippen molar-refractivity contribution in [3.8, 4) is 0 Å². The quantitative estimate of drug-likeness (QED) is 0.459. The van der Waals surface area contributed by atoms with E-state index >= 15 is 0 Å². The second-order valence-corrected chi connectivity index (χ2v) is 10.6. The van der Waals surface area contributed by atoms with Gasteiger partial charge in [-0.05, 0) is 44.9 Å². The van der Waals surface area contributed by atoms with Crippen LogP contribution in [0.3, 0.4) is 0 Å². The number of carbonyl (C=O) groups is 3. The number of aliphatic hydroxyl groups is 1. The lowest BCUT2D eigenvalue weighted by Gasteiger charge is -2.33. The molecule has 1 aromatic heterocycles. The molecule has 3 unspecified atom stereocenters.